The molecule has 0 bridgehead atoms. The third-order valence-electron chi connectivity index (χ3n) is 2.20. The van der Waals surface area contributed by atoms with Gasteiger partial charge in [-0.3, -0.25) is 9.59 Å². The highest BCUT2D eigenvalue weighted by Gasteiger charge is 2.35. The summed E-state index contributed by atoms with van der Waals surface area (Å²) in [6, 6.07) is 1.48. The van der Waals surface area contributed by atoms with E-state index < -0.39 is 0 Å². The fourth-order valence-corrected chi connectivity index (χ4v) is 2.63. The first-order valence-corrected chi connectivity index (χ1v) is 6.99. The number of amides is 1. The van der Waals surface area contributed by atoms with Gasteiger partial charge in [-0.1, -0.05) is 6.55 Å². The maximum Gasteiger partial charge on any atom is 0.304 e. The first-order chi connectivity index (χ1) is 6.15. The van der Waals surface area contributed by atoms with Crippen molar-refractivity contribution in [3.63, 3.8) is 0 Å². The van der Waals surface area contributed by atoms with Gasteiger partial charge < -0.3 is 9.64 Å². The van der Waals surface area contributed by atoms with E-state index in [2.05, 4.69) is 6.55 Å². The van der Waals surface area contributed by atoms with Gasteiger partial charge in [0.1, 0.15) is 0 Å². The number of hydrogen-bond donors (Lipinski definition) is 0. The largest absolute Gasteiger partial charge is 0.444 e. The van der Waals surface area contributed by atoms with Crippen molar-refractivity contribution in [2.24, 2.45) is 0 Å². The molecule has 0 aliphatic carbocycles. The molecule has 5 heteroatoms. The minimum Gasteiger partial charge on any atom is -0.444 e. The minimum atomic E-state index is -0.327. The van der Waals surface area contributed by atoms with Gasteiger partial charge in [0.25, 0.3) is 0 Å². The van der Waals surface area contributed by atoms with E-state index in [4.69, 9.17) is 4.74 Å². The highest BCUT2D eigenvalue weighted by atomic mass is 28.2. The van der Waals surface area contributed by atoms with Crippen molar-refractivity contribution in [2.45, 2.75) is 32.0 Å². The molecule has 1 rings (SSSR count). The molecule has 74 valence electrons. The Morgan fingerprint density at radius 1 is 1.77 bits per heavy atom. The van der Waals surface area contributed by atoms with E-state index in [1.54, 1.807) is 4.90 Å². The maximum atomic E-state index is 11.1. The molecule has 0 saturated carbocycles. The van der Waals surface area contributed by atoms with Crippen molar-refractivity contribution < 1.29 is 14.3 Å². The second kappa shape index (κ2) is 4.41. The van der Waals surface area contributed by atoms with Gasteiger partial charge in [0.05, 0.1) is 0 Å². The van der Waals surface area contributed by atoms with Crippen LogP contribution in [0.4, 0.5) is 0 Å². The molecule has 1 fully saturated rings. The number of hydrogen-bond acceptors (Lipinski definition) is 3. The second-order valence-corrected chi connectivity index (χ2v) is 4.85. The average Bonchev–Trinajstić information content (AvgIpc) is 2.03. The Morgan fingerprint density at radius 2 is 2.46 bits per heavy atom. The van der Waals surface area contributed by atoms with Crippen LogP contribution in [-0.2, 0) is 14.3 Å². The summed E-state index contributed by atoms with van der Waals surface area (Å²) in [7, 11) is -0.0184. The Bertz CT molecular complexity index is 219. The zero-order chi connectivity index (χ0) is 9.84. The number of carbonyl (C=O) groups is 2. The van der Waals surface area contributed by atoms with E-state index in [1.165, 1.54) is 6.92 Å². The molecule has 1 aliphatic heterocycles. The summed E-state index contributed by atoms with van der Waals surface area (Å²) in [6.45, 7) is 3.72. The van der Waals surface area contributed by atoms with E-state index >= 15 is 0 Å². The Hall–Kier alpha value is -0.843. The summed E-state index contributed by atoms with van der Waals surface area (Å²) >= 11 is 0. The highest BCUT2D eigenvalue weighted by Crippen LogP contribution is 2.21. The van der Waals surface area contributed by atoms with E-state index in [9.17, 15) is 9.59 Å². The summed E-state index contributed by atoms with van der Waals surface area (Å²) in [6.07, 6.45) is 0.641. The molecule has 1 aliphatic rings. The van der Waals surface area contributed by atoms with Crippen LogP contribution >= 0.6 is 0 Å². The Balaban J connectivity index is 2.29. The maximum absolute atomic E-state index is 11.1. The molecule has 13 heavy (non-hydrogen) atoms. The first kappa shape index (κ1) is 10.2. The standard InChI is InChI=1S/C8H15NO3Si/c1-6(10)12-5-9-7(4-13-2)3-8(9)11/h7H,3-5,13H2,1-2H3/t7-/m1/s1. The van der Waals surface area contributed by atoms with Crippen molar-refractivity contribution in [3.8, 4) is 0 Å². The summed E-state index contributed by atoms with van der Waals surface area (Å²) in [5, 5.41) is 0. The Morgan fingerprint density at radius 3 is 2.92 bits per heavy atom. The van der Waals surface area contributed by atoms with Crippen LogP contribution in [-0.4, -0.2) is 39.1 Å². The van der Waals surface area contributed by atoms with Gasteiger partial charge in [-0.05, 0) is 6.04 Å². The minimum absolute atomic E-state index is 0.0184. The lowest BCUT2D eigenvalue weighted by Crippen LogP contribution is -2.53. The van der Waals surface area contributed by atoms with Gasteiger partial charge >= 0.3 is 5.97 Å². The molecule has 1 heterocycles. The van der Waals surface area contributed by atoms with Crippen molar-refractivity contribution in [1.29, 1.82) is 0 Å². The summed E-state index contributed by atoms with van der Waals surface area (Å²) in [5.41, 5.74) is 0. The Labute approximate surface area is 80.1 Å². The lowest BCUT2D eigenvalue weighted by molar-refractivity contribution is -0.161. The van der Waals surface area contributed by atoms with Crippen LogP contribution < -0.4 is 0 Å². The van der Waals surface area contributed by atoms with Crippen molar-refractivity contribution >= 4 is 21.4 Å². The number of ether oxygens (including phenoxy) is 1. The number of esters is 1. The van der Waals surface area contributed by atoms with Gasteiger partial charge in [0.15, 0.2) is 6.73 Å². The molecule has 1 saturated heterocycles. The number of β-lactam (4-membered cyclic amide) rings is 1. The van der Waals surface area contributed by atoms with Crippen LogP contribution in [0.15, 0.2) is 0 Å². The summed E-state index contributed by atoms with van der Waals surface area (Å²) < 4.78 is 4.77. The van der Waals surface area contributed by atoms with Crippen molar-refractivity contribution in [1.82, 2.24) is 4.90 Å². The normalized spacial score (nSPS) is 22.2. The predicted molar refractivity (Wildman–Crippen MR) is 51.1 cm³/mol. The zero-order valence-electron chi connectivity index (χ0n) is 8.08. The average molecular weight is 201 g/mol. The molecule has 0 aromatic rings. The quantitative estimate of drug-likeness (QED) is 0.358. The number of carbonyl (C=O) groups excluding carboxylic acids is 2. The molecule has 4 nitrogen and oxygen atoms in total. The number of rotatable bonds is 4. The summed E-state index contributed by atoms with van der Waals surface area (Å²) in [5.74, 6) is -0.221. The SMILES string of the molecule is C[SiH2]C[C@H]1CC(=O)N1COC(C)=O. The third-order valence-corrected chi connectivity index (χ3v) is 3.44. The van der Waals surface area contributed by atoms with Gasteiger partial charge in [-0.15, -0.1) is 0 Å². The Kier molecular flexibility index (Phi) is 3.47. The molecule has 1 amide bonds. The van der Waals surface area contributed by atoms with Crippen molar-refractivity contribution in [2.75, 3.05) is 6.73 Å². The lowest BCUT2D eigenvalue weighted by Gasteiger charge is -2.39. The van der Waals surface area contributed by atoms with Crippen molar-refractivity contribution in [3.05, 3.63) is 0 Å². The lowest BCUT2D eigenvalue weighted by atomic mass is 10.1. The highest BCUT2D eigenvalue weighted by molar-refractivity contribution is 6.33. The molecular formula is C8H15NO3Si. The monoisotopic (exact) mass is 201 g/mol. The van der Waals surface area contributed by atoms with Crippen LogP contribution in [0.25, 0.3) is 0 Å². The molecular weight excluding hydrogens is 186 g/mol. The van der Waals surface area contributed by atoms with E-state index in [-0.39, 0.29) is 28.1 Å². The van der Waals surface area contributed by atoms with E-state index in [1.807, 2.05) is 0 Å². The molecule has 0 N–H and O–H groups in total. The molecule has 0 spiro atoms. The van der Waals surface area contributed by atoms with Gasteiger partial charge in [0.2, 0.25) is 5.91 Å². The van der Waals surface area contributed by atoms with E-state index in [0.29, 0.717) is 12.5 Å². The van der Waals surface area contributed by atoms with Gasteiger partial charge in [-0.25, -0.2) is 0 Å². The molecule has 0 aromatic heterocycles. The molecule has 0 radical (unpaired) electrons. The third kappa shape index (κ3) is 2.55. The van der Waals surface area contributed by atoms with Gasteiger partial charge in [-0.2, -0.15) is 0 Å². The smallest absolute Gasteiger partial charge is 0.304 e. The second-order valence-electron chi connectivity index (χ2n) is 3.28. The fraction of sp³-hybridized carbons (Fsp3) is 0.750. The topological polar surface area (TPSA) is 46.6 Å². The van der Waals surface area contributed by atoms with E-state index in [0.717, 1.165) is 6.04 Å². The molecule has 1 atom stereocenters. The number of nitrogens with zero attached hydrogens (tertiary/aromatic N) is 1. The van der Waals surface area contributed by atoms with Crippen LogP contribution in [0.5, 0.6) is 0 Å². The van der Waals surface area contributed by atoms with Gasteiger partial charge in [0, 0.05) is 28.9 Å². The zero-order valence-corrected chi connectivity index (χ0v) is 9.49. The molecule has 0 unspecified atom stereocenters. The van der Waals surface area contributed by atoms with Crippen LogP contribution in [0.2, 0.25) is 12.6 Å². The van der Waals surface area contributed by atoms with Crippen LogP contribution in [0.1, 0.15) is 13.3 Å². The molecule has 0 aromatic carbocycles. The van der Waals surface area contributed by atoms with Crippen LogP contribution in [0, 0.1) is 0 Å². The summed E-state index contributed by atoms with van der Waals surface area (Å²) in [4.78, 5) is 23.2. The first-order valence-electron chi connectivity index (χ1n) is 4.58. The predicted octanol–water partition coefficient (Wildman–Crippen LogP) is -0.257. The van der Waals surface area contributed by atoms with Crippen LogP contribution in [0.3, 0.4) is 0 Å². The number of likely N-dealkylation sites (tertiary alicyclic amines) is 1. The fourth-order valence-electron chi connectivity index (χ4n) is 1.45.